The molecule has 6 heteroatoms. The molecule has 0 fully saturated rings. The fourth-order valence-electron chi connectivity index (χ4n) is 3.58. The number of benzene rings is 3. The van der Waals surface area contributed by atoms with E-state index in [-0.39, 0.29) is 12.1 Å². The van der Waals surface area contributed by atoms with Gasteiger partial charge in [0.25, 0.3) is 5.56 Å². The summed E-state index contributed by atoms with van der Waals surface area (Å²) < 4.78 is 2.30. The second-order valence-corrected chi connectivity index (χ2v) is 7.80. The fraction of sp³-hybridized carbons (Fsp3) is 0.0417. The van der Waals surface area contributed by atoms with Crippen molar-refractivity contribution in [1.82, 2.24) is 4.57 Å². The van der Waals surface area contributed by atoms with E-state index in [1.165, 1.54) is 4.57 Å². The van der Waals surface area contributed by atoms with Gasteiger partial charge >= 0.3 is 0 Å². The quantitative estimate of drug-likeness (QED) is 0.448. The van der Waals surface area contributed by atoms with Crippen LogP contribution in [0.15, 0.2) is 82.1 Å². The second-order valence-electron chi connectivity index (χ2n) is 6.89. The molecule has 0 saturated carbocycles. The number of aromatic nitrogens is 1. The van der Waals surface area contributed by atoms with Gasteiger partial charge in [0, 0.05) is 21.0 Å². The monoisotopic (exact) mass is 460 g/mol. The van der Waals surface area contributed by atoms with Crippen LogP contribution in [0.3, 0.4) is 0 Å². The van der Waals surface area contributed by atoms with Crippen molar-refractivity contribution in [2.24, 2.45) is 5.73 Å². The number of aldehydes is 1. The minimum absolute atomic E-state index is 0.192. The van der Waals surface area contributed by atoms with Crippen LogP contribution >= 0.6 is 15.9 Å². The molecule has 148 valence electrons. The summed E-state index contributed by atoms with van der Waals surface area (Å²) >= 11 is 3.47. The van der Waals surface area contributed by atoms with E-state index in [9.17, 15) is 14.4 Å². The molecule has 1 amide bonds. The maximum absolute atomic E-state index is 13.3. The van der Waals surface area contributed by atoms with E-state index in [0.717, 1.165) is 21.9 Å². The van der Waals surface area contributed by atoms with Gasteiger partial charge in [0.2, 0.25) is 5.91 Å². The van der Waals surface area contributed by atoms with E-state index in [0.29, 0.717) is 27.6 Å². The number of halogens is 1. The number of nitrogens with two attached hydrogens (primary N) is 1. The highest BCUT2D eigenvalue weighted by Crippen LogP contribution is 2.32. The van der Waals surface area contributed by atoms with Crippen molar-refractivity contribution in [1.29, 1.82) is 0 Å². The molecule has 0 aliphatic rings. The van der Waals surface area contributed by atoms with Crippen LogP contribution in [0, 0.1) is 0 Å². The molecule has 0 aliphatic carbocycles. The normalized spacial score (nSPS) is 10.8. The first-order chi connectivity index (χ1) is 14.5. The zero-order chi connectivity index (χ0) is 21.3. The number of pyridine rings is 1. The summed E-state index contributed by atoms with van der Waals surface area (Å²) in [6, 6.07) is 21.6. The van der Waals surface area contributed by atoms with Gasteiger partial charge in [-0.05, 0) is 46.8 Å². The summed E-state index contributed by atoms with van der Waals surface area (Å²) in [5.74, 6) is -0.519. The maximum Gasteiger partial charge on any atom is 0.259 e. The van der Waals surface area contributed by atoms with Gasteiger partial charge in [0.15, 0.2) is 6.29 Å². The van der Waals surface area contributed by atoms with Crippen LogP contribution in [-0.2, 0) is 6.54 Å². The molecular formula is C24H17BrN2O3. The van der Waals surface area contributed by atoms with Crippen LogP contribution in [0.2, 0.25) is 0 Å². The number of carbonyl (C=O) groups is 2. The van der Waals surface area contributed by atoms with Crippen LogP contribution in [-0.4, -0.2) is 16.8 Å². The minimum Gasteiger partial charge on any atom is -0.366 e. The molecule has 30 heavy (non-hydrogen) atoms. The fourth-order valence-corrected chi connectivity index (χ4v) is 3.94. The Morgan fingerprint density at radius 3 is 2.30 bits per heavy atom. The molecule has 0 aliphatic heterocycles. The lowest BCUT2D eigenvalue weighted by molar-refractivity contribution is 0.1000. The van der Waals surface area contributed by atoms with Crippen LogP contribution < -0.4 is 11.3 Å². The second kappa shape index (κ2) is 8.08. The number of amides is 1. The summed E-state index contributed by atoms with van der Waals surface area (Å²) in [4.78, 5) is 36.8. The van der Waals surface area contributed by atoms with Crippen molar-refractivity contribution in [3.05, 3.63) is 104 Å². The summed E-state index contributed by atoms with van der Waals surface area (Å²) in [7, 11) is 0. The highest BCUT2D eigenvalue weighted by molar-refractivity contribution is 9.10. The summed E-state index contributed by atoms with van der Waals surface area (Å²) in [6.45, 7) is 0.192. The van der Waals surface area contributed by atoms with Gasteiger partial charge in [-0.2, -0.15) is 0 Å². The van der Waals surface area contributed by atoms with Gasteiger partial charge in [-0.1, -0.05) is 58.4 Å². The van der Waals surface area contributed by atoms with E-state index in [1.54, 1.807) is 30.3 Å². The zero-order valence-electron chi connectivity index (χ0n) is 15.8. The van der Waals surface area contributed by atoms with Crippen LogP contribution in [0.5, 0.6) is 0 Å². The Kier molecular flexibility index (Phi) is 5.33. The van der Waals surface area contributed by atoms with Gasteiger partial charge in [-0.3, -0.25) is 14.4 Å². The highest BCUT2D eigenvalue weighted by atomic mass is 79.9. The van der Waals surface area contributed by atoms with Crippen LogP contribution in [0.1, 0.15) is 26.4 Å². The Morgan fingerprint density at radius 1 is 0.967 bits per heavy atom. The number of hydrogen-bond donors (Lipinski definition) is 1. The predicted molar refractivity (Wildman–Crippen MR) is 121 cm³/mol. The highest BCUT2D eigenvalue weighted by Gasteiger charge is 2.18. The minimum atomic E-state index is -0.519. The first kappa shape index (κ1) is 19.8. The van der Waals surface area contributed by atoms with Crippen molar-refractivity contribution in [3.63, 3.8) is 0 Å². The van der Waals surface area contributed by atoms with Gasteiger partial charge in [-0.25, -0.2) is 0 Å². The summed E-state index contributed by atoms with van der Waals surface area (Å²) in [6.07, 6.45) is 0.724. The largest absolute Gasteiger partial charge is 0.366 e. The Bertz CT molecular complexity index is 1330. The number of carbonyl (C=O) groups excluding carboxylic acids is 2. The molecule has 4 rings (SSSR count). The lowest BCUT2D eigenvalue weighted by Gasteiger charge is -2.17. The topological polar surface area (TPSA) is 82.2 Å². The summed E-state index contributed by atoms with van der Waals surface area (Å²) in [5, 5.41) is 1.24. The average molecular weight is 461 g/mol. The van der Waals surface area contributed by atoms with Gasteiger partial charge in [0.05, 0.1) is 12.2 Å². The number of primary amides is 1. The average Bonchev–Trinajstić information content (AvgIpc) is 2.76. The molecule has 2 N–H and O–H groups in total. The zero-order valence-corrected chi connectivity index (χ0v) is 17.4. The van der Waals surface area contributed by atoms with E-state index in [2.05, 4.69) is 15.9 Å². The first-order valence-electron chi connectivity index (χ1n) is 9.25. The lowest BCUT2D eigenvalue weighted by Crippen LogP contribution is -2.25. The van der Waals surface area contributed by atoms with Crippen molar-refractivity contribution in [2.45, 2.75) is 6.54 Å². The SMILES string of the molecule is NC(=O)c1ccc(Cn2c(C=O)c(-c3ccccc3)c3cc(Br)ccc3c2=O)cc1. The number of hydrogen-bond acceptors (Lipinski definition) is 3. The summed E-state index contributed by atoms with van der Waals surface area (Å²) in [5.41, 5.74) is 8.06. The molecular weight excluding hydrogens is 444 g/mol. The molecule has 0 atom stereocenters. The molecule has 0 unspecified atom stereocenters. The third-order valence-corrected chi connectivity index (χ3v) is 5.52. The third-order valence-electron chi connectivity index (χ3n) is 5.03. The number of nitrogens with zero attached hydrogens (tertiary/aromatic N) is 1. The lowest BCUT2D eigenvalue weighted by atomic mass is 9.97. The van der Waals surface area contributed by atoms with Crippen LogP contribution in [0.25, 0.3) is 21.9 Å². The van der Waals surface area contributed by atoms with Crippen molar-refractivity contribution >= 4 is 38.9 Å². The Morgan fingerprint density at radius 2 is 1.67 bits per heavy atom. The van der Waals surface area contributed by atoms with Crippen molar-refractivity contribution < 1.29 is 9.59 Å². The van der Waals surface area contributed by atoms with E-state index >= 15 is 0 Å². The molecule has 5 nitrogen and oxygen atoms in total. The third kappa shape index (κ3) is 3.57. The van der Waals surface area contributed by atoms with Crippen molar-refractivity contribution in [3.8, 4) is 11.1 Å². The smallest absolute Gasteiger partial charge is 0.259 e. The standard InChI is InChI=1S/C24H17BrN2O3/c25-18-10-11-19-20(12-18)22(16-4-2-1-3-5-16)21(14-28)27(24(19)30)13-15-6-8-17(9-7-15)23(26)29/h1-12,14H,13H2,(H2,26,29). The first-order valence-corrected chi connectivity index (χ1v) is 10.0. The van der Waals surface area contributed by atoms with E-state index in [4.69, 9.17) is 5.73 Å². The van der Waals surface area contributed by atoms with E-state index in [1.807, 2.05) is 42.5 Å². The molecule has 0 radical (unpaired) electrons. The van der Waals surface area contributed by atoms with Crippen molar-refractivity contribution in [2.75, 3.05) is 0 Å². The number of rotatable bonds is 5. The number of fused-ring (bicyclic) bond motifs is 1. The molecule has 0 spiro atoms. The molecule has 1 heterocycles. The Balaban J connectivity index is 1.99. The van der Waals surface area contributed by atoms with Gasteiger partial charge in [0.1, 0.15) is 0 Å². The molecule has 4 aromatic rings. The predicted octanol–water partition coefficient (Wildman–Crippen LogP) is 4.39. The maximum atomic E-state index is 13.3. The molecule has 3 aromatic carbocycles. The molecule has 0 bridgehead atoms. The van der Waals surface area contributed by atoms with E-state index < -0.39 is 5.91 Å². The van der Waals surface area contributed by atoms with Gasteiger partial charge in [-0.15, -0.1) is 0 Å². The Hall–Kier alpha value is -3.51. The van der Waals surface area contributed by atoms with Gasteiger partial charge < -0.3 is 10.3 Å². The molecule has 1 aromatic heterocycles. The Labute approximate surface area is 180 Å². The van der Waals surface area contributed by atoms with Crippen LogP contribution in [0.4, 0.5) is 0 Å². The molecule has 0 saturated heterocycles.